The summed E-state index contributed by atoms with van der Waals surface area (Å²) in [6, 6.07) is 0. The Morgan fingerprint density at radius 1 is 1.59 bits per heavy atom. The van der Waals surface area contributed by atoms with Crippen LogP contribution in [0.2, 0.25) is 0 Å². The van der Waals surface area contributed by atoms with Crippen molar-refractivity contribution in [3.8, 4) is 0 Å². The van der Waals surface area contributed by atoms with Gasteiger partial charge in [-0.3, -0.25) is 5.73 Å². The zero-order valence-electron chi connectivity index (χ0n) is 8.82. The molecule has 1 aliphatic rings. The van der Waals surface area contributed by atoms with E-state index in [9.17, 15) is 19.8 Å². The summed E-state index contributed by atoms with van der Waals surface area (Å²) in [5.41, 5.74) is 2.39. The van der Waals surface area contributed by atoms with Gasteiger partial charge in [0, 0.05) is 5.71 Å². The number of hydrogen-bond donors (Lipinski definition) is 5. The second-order valence-electron chi connectivity index (χ2n) is 3.64. The predicted octanol–water partition coefficient (Wildman–Crippen LogP) is -2.65. The molecule has 17 heavy (non-hydrogen) atoms. The topological polar surface area (TPSA) is 163 Å². The first kappa shape index (κ1) is 13.5. The first-order valence-electron chi connectivity index (χ1n) is 4.50. The Balaban J connectivity index is 3.27. The van der Waals surface area contributed by atoms with Gasteiger partial charge in [0.2, 0.25) is 0 Å². The highest BCUT2D eigenvalue weighted by molar-refractivity contribution is 5.91. The second-order valence-corrected chi connectivity index (χ2v) is 3.64. The lowest BCUT2D eigenvalue weighted by molar-refractivity contribution is -0.226. The molecule has 0 aromatic rings. The smallest absolute Gasteiger partial charge is 0.346 e. The number of carboxylic acid groups (broad SMARTS) is 2. The Bertz CT molecular complexity index is 395. The SMILES string of the molecule is CC1=N[C@](N)(C(O)(C(=O)O)C(O)C(=O)O)OC1. The molecule has 2 unspecified atom stereocenters. The summed E-state index contributed by atoms with van der Waals surface area (Å²) < 4.78 is 4.77. The molecule has 0 aromatic heterocycles. The Morgan fingerprint density at radius 3 is 2.41 bits per heavy atom. The van der Waals surface area contributed by atoms with Crippen LogP contribution in [0, 0.1) is 0 Å². The summed E-state index contributed by atoms with van der Waals surface area (Å²) in [6.45, 7) is 1.28. The highest BCUT2D eigenvalue weighted by Crippen LogP contribution is 2.31. The van der Waals surface area contributed by atoms with Crippen molar-refractivity contribution in [2.24, 2.45) is 10.7 Å². The van der Waals surface area contributed by atoms with Gasteiger partial charge in [0.1, 0.15) is 0 Å². The molecule has 0 spiro atoms. The van der Waals surface area contributed by atoms with E-state index in [1.165, 1.54) is 6.92 Å². The molecule has 3 atom stereocenters. The largest absolute Gasteiger partial charge is 0.479 e. The first-order chi connectivity index (χ1) is 7.65. The number of nitrogens with two attached hydrogens (primary N) is 1. The Kier molecular flexibility index (Phi) is 3.21. The number of carbonyl (C=O) groups is 2. The van der Waals surface area contributed by atoms with Crippen LogP contribution in [-0.2, 0) is 14.3 Å². The third kappa shape index (κ3) is 1.89. The van der Waals surface area contributed by atoms with E-state index in [1.807, 2.05) is 0 Å². The molecule has 1 aliphatic heterocycles. The van der Waals surface area contributed by atoms with Gasteiger partial charge in [-0.2, -0.15) is 0 Å². The second kappa shape index (κ2) is 4.04. The van der Waals surface area contributed by atoms with E-state index in [-0.39, 0.29) is 12.3 Å². The maximum absolute atomic E-state index is 11.0. The van der Waals surface area contributed by atoms with Crippen molar-refractivity contribution in [3.63, 3.8) is 0 Å². The van der Waals surface area contributed by atoms with Crippen LogP contribution in [0.5, 0.6) is 0 Å². The quantitative estimate of drug-likeness (QED) is 0.360. The summed E-state index contributed by atoms with van der Waals surface area (Å²) in [4.78, 5) is 25.1. The Hall–Kier alpha value is -1.55. The fourth-order valence-corrected chi connectivity index (χ4v) is 1.40. The van der Waals surface area contributed by atoms with Gasteiger partial charge in [0.05, 0.1) is 6.61 Å². The Labute approximate surface area is 95.1 Å². The maximum Gasteiger partial charge on any atom is 0.346 e. The van der Waals surface area contributed by atoms with Crippen LogP contribution in [0.1, 0.15) is 6.92 Å². The summed E-state index contributed by atoms with van der Waals surface area (Å²) in [6.07, 6.45) is -2.68. The van der Waals surface area contributed by atoms with Crippen LogP contribution >= 0.6 is 0 Å². The molecule has 0 aromatic carbocycles. The van der Waals surface area contributed by atoms with Gasteiger partial charge in [-0.15, -0.1) is 0 Å². The molecule has 0 saturated carbocycles. The third-order valence-electron chi connectivity index (χ3n) is 2.36. The van der Waals surface area contributed by atoms with Crippen molar-refractivity contribution in [2.45, 2.75) is 24.5 Å². The standard InChI is InChI=1S/C8H12N2O7/c1-3-2-17-8(9,10-3)7(16,6(14)15)4(11)5(12)13/h4,11,16H,2,9H2,1H3,(H,12,13)(H,14,15)/t4?,7?,8-/m1/s1. The summed E-state index contributed by atoms with van der Waals surface area (Å²) >= 11 is 0. The van der Waals surface area contributed by atoms with Gasteiger partial charge >= 0.3 is 11.9 Å². The molecule has 9 nitrogen and oxygen atoms in total. The van der Waals surface area contributed by atoms with Gasteiger partial charge in [0.25, 0.3) is 11.4 Å². The van der Waals surface area contributed by atoms with E-state index in [0.717, 1.165) is 0 Å². The molecule has 9 heteroatoms. The number of aliphatic carboxylic acids is 2. The van der Waals surface area contributed by atoms with Crippen molar-refractivity contribution in [1.82, 2.24) is 0 Å². The van der Waals surface area contributed by atoms with Crippen LogP contribution in [0.25, 0.3) is 0 Å². The van der Waals surface area contributed by atoms with Gasteiger partial charge < -0.3 is 25.2 Å². The number of aliphatic imine (C=N–C) groups is 1. The number of aliphatic hydroxyl groups excluding tert-OH is 1. The molecular weight excluding hydrogens is 236 g/mol. The molecule has 1 rings (SSSR count). The zero-order valence-corrected chi connectivity index (χ0v) is 8.82. The minimum absolute atomic E-state index is 0.168. The lowest BCUT2D eigenvalue weighted by atomic mass is 9.90. The van der Waals surface area contributed by atoms with E-state index >= 15 is 0 Å². The number of ether oxygens (including phenoxy) is 1. The van der Waals surface area contributed by atoms with Crippen molar-refractivity contribution in [1.29, 1.82) is 0 Å². The van der Waals surface area contributed by atoms with E-state index in [1.54, 1.807) is 0 Å². The Morgan fingerprint density at radius 2 is 2.12 bits per heavy atom. The lowest BCUT2D eigenvalue weighted by Crippen LogP contribution is -2.71. The molecule has 0 fully saturated rings. The minimum Gasteiger partial charge on any atom is -0.479 e. The summed E-state index contributed by atoms with van der Waals surface area (Å²) in [5, 5.41) is 36.5. The third-order valence-corrected chi connectivity index (χ3v) is 2.36. The number of carboxylic acids is 2. The van der Waals surface area contributed by atoms with E-state index in [0.29, 0.717) is 0 Å². The number of hydrogen-bond acceptors (Lipinski definition) is 7. The van der Waals surface area contributed by atoms with Crippen molar-refractivity contribution < 1.29 is 34.8 Å². The van der Waals surface area contributed by atoms with E-state index in [4.69, 9.17) is 20.7 Å². The molecule has 0 amide bonds. The first-order valence-corrected chi connectivity index (χ1v) is 4.50. The van der Waals surface area contributed by atoms with Crippen LogP contribution < -0.4 is 5.73 Å². The zero-order chi connectivity index (χ0) is 13.4. The molecular formula is C8H12N2O7. The molecule has 0 aliphatic carbocycles. The minimum atomic E-state index is -3.28. The van der Waals surface area contributed by atoms with Crippen LogP contribution in [0.15, 0.2) is 4.99 Å². The molecule has 96 valence electrons. The molecule has 0 saturated heterocycles. The average molecular weight is 248 g/mol. The van der Waals surface area contributed by atoms with Crippen molar-refractivity contribution >= 4 is 17.7 Å². The fraction of sp³-hybridized carbons (Fsp3) is 0.625. The summed E-state index contributed by atoms with van der Waals surface area (Å²) in [7, 11) is 0. The maximum atomic E-state index is 11.0. The number of rotatable bonds is 4. The van der Waals surface area contributed by atoms with Gasteiger partial charge in [-0.25, -0.2) is 14.6 Å². The normalized spacial score (nSPS) is 29.3. The van der Waals surface area contributed by atoms with Crippen molar-refractivity contribution in [3.05, 3.63) is 0 Å². The van der Waals surface area contributed by atoms with Gasteiger partial charge in [0.15, 0.2) is 6.10 Å². The highest BCUT2D eigenvalue weighted by Gasteiger charge is 2.64. The lowest BCUT2D eigenvalue weighted by Gasteiger charge is -2.36. The van der Waals surface area contributed by atoms with Crippen LogP contribution in [0.3, 0.4) is 0 Å². The predicted molar refractivity (Wildman–Crippen MR) is 52.2 cm³/mol. The molecule has 1 heterocycles. The number of nitrogens with zero attached hydrogens (tertiary/aromatic N) is 1. The van der Waals surface area contributed by atoms with Crippen LogP contribution in [0.4, 0.5) is 0 Å². The van der Waals surface area contributed by atoms with Crippen LogP contribution in [-0.4, -0.2) is 62.2 Å². The number of aliphatic hydroxyl groups is 2. The molecule has 0 radical (unpaired) electrons. The monoisotopic (exact) mass is 248 g/mol. The molecule has 0 bridgehead atoms. The van der Waals surface area contributed by atoms with E-state index in [2.05, 4.69) is 4.99 Å². The average Bonchev–Trinajstić information content (AvgIpc) is 2.57. The fourth-order valence-electron chi connectivity index (χ4n) is 1.40. The molecule has 6 N–H and O–H groups in total. The van der Waals surface area contributed by atoms with Crippen molar-refractivity contribution in [2.75, 3.05) is 6.61 Å². The summed E-state index contributed by atoms with van der Waals surface area (Å²) in [5.74, 6) is -6.54. The van der Waals surface area contributed by atoms with E-state index < -0.39 is 29.5 Å². The van der Waals surface area contributed by atoms with Gasteiger partial charge in [-0.1, -0.05) is 0 Å². The van der Waals surface area contributed by atoms with Gasteiger partial charge in [-0.05, 0) is 6.92 Å². The highest BCUT2D eigenvalue weighted by atomic mass is 16.6.